The van der Waals surface area contributed by atoms with Gasteiger partial charge in [0.25, 0.3) is 0 Å². The minimum atomic E-state index is -1.60. The van der Waals surface area contributed by atoms with E-state index in [1.807, 2.05) is 49.7 Å². The predicted molar refractivity (Wildman–Crippen MR) is 137 cm³/mol. The molecule has 0 radical (unpaired) electrons. The van der Waals surface area contributed by atoms with Crippen molar-refractivity contribution >= 4 is 6.16 Å². The fraction of sp³-hybridized carbons (Fsp3) is 0.630. The molecule has 2 saturated heterocycles. The maximum Gasteiger partial charge on any atom is 0.508 e. The van der Waals surface area contributed by atoms with Crippen LogP contribution in [-0.2, 0) is 25.4 Å². The molecule has 0 unspecified atom stereocenters. The van der Waals surface area contributed by atoms with Crippen LogP contribution < -0.4 is 9.47 Å². The van der Waals surface area contributed by atoms with Crippen LogP contribution in [0, 0.1) is 6.92 Å². The van der Waals surface area contributed by atoms with Crippen molar-refractivity contribution in [2.75, 3.05) is 26.9 Å². The fourth-order valence-electron chi connectivity index (χ4n) is 4.67. The largest absolute Gasteiger partial charge is 0.508 e. The first-order chi connectivity index (χ1) is 18.7. The van der Waals surface area contributed by atoms with Crippen LogP contribution in [0.1, 0.15) is 49.6 Å². The average molecular weight is 551 g/mol. The van der Waals surface area contributed by atoms with Gasteiger partial charge in [-0.3, -0.25) is 4.68 Å². The number of nitrogens with zero attached hydrogens (tertiary/aromatic N) is 2. The molecule has 3 N–H and O–H groups in total. The first-order valence-electron chi connectivity index (χ1n) is 13.2. The summed E-state index contributed by atoms with van der Waals surface area (Å²) in [5.74, 6) is 1.02. The number of aromatic nitrogens is 2. The first kappa shape index (κ1) is 29.1. The summed E-state index contributed by atoms with van der Waals surface area (Å²) in [7, 11) is 1.15. The number of carbonyl (C=O) groups excluding carboxylic acids is 1. The van der Waals surface area contributed by atoms with Crippen LogP contribution in [0.15, 0.2) is 24.3 Å². The zero-order valence-corrected chi connectivity index (χ0v) is 22.7. The lowest BCUT2D eigenvalue weighted by Crippen LogP contribution is -2.60. The normalized spacial score (nSPS) is 25.9. The van der Waals surface area contributed by atoms with Crippen molar-refractivity contribution < 1.29 is 48.5 Å². The van der Waals surface area contributed by atoms with Crippen molar-refractivity contribution in [3.63, 3.8) is 0 Å². The van der Waals surface area contributed by atoms with Crippen molar-refractivity contribution in [1.29, 1.82) is 0 Å². The molecule has 216 valence electrons. The van der Waals surface area contributed by atoms with Gasteiger partial charge in [0.05, 0.1) is 20.3 Å². The number of hydrogen-bond acceptors (Lipinski definition) is 11. The molecular weight excluding hydrogens is 512 g/mol. The third-order valence-corrected chi connectivity index (χ3v) is 6.93. The Morgan fingerprint density at radius 1 is 1.08 bits per heavy atom. The average Bonchev–Trinajstić information content (AvgIpc) is 3.24. The van der Waals surface area contributed by atoms with Gasteiger partial charge in [-0.2, -0.15) is 0 Å². The van der Waals surface area contributed by atoms with Gasteiger partial charge in [-0.1, -0.05) is 12.1 Å². The molecule has 4 rings (SSSR count). The van der Waals surface area contributed by atoms with Gasteiger partial charge in [-0.25, -0.2) is 4.79 Å². The van der Waals surface area contributed by atoms with E-state index in [0.717, 1.165) is 42.5 Å². The summed E-state index contributed by atoms with van der Waals surface area (Å²) in [6.07, 6.45) is -5.83. The molecule has 12 heteroatoms. The van der Waals surface area contributed by atoms with E-state index in [1.165, 1.54) is 0 Å². The Hall–Kier alpha value is -2.90. The van der Waals surface area contributed by atoms with Crippen LogP contribution in [0.5, 0.6) is 11.6 Å². The van der Waals surface area contributed by atoms with Crippen LogP contribution >= 0.6 is 0 Å². The zero-order valence-electron chi connectivity index (χ0n) is 22.7. The summed E-state index contributed by atoms with van der Waals surface area (Å²) in [6.45, 7) is 6.91. The Kier molecular flexibility index (Phi) is 9.67. The fourth-order valence-corrected chi connectivity index (χ4v) is 4.67. The van der Waals surface area contributed by atoms with Crippen molar-refractivity contribution in [1.82, 2.24) is 9.78 Å². The molecule has 0 saturated carbocycles. The first-order valence-corrected chi connectivity index (χ1v) is 13.2. The molecule has 2 fully saturated rings. The summed E-state index contributed by atoms with van der Waals surface area (Å²) in [4.78, 5) is 11.4. The van der Waals surface area contributed by atoms with Gasteiger partial charge in [-0.05, 0) is 38.5 Å². The van der Waals surface area contributed by atoms with Gasteiger partial charge in [0, 0.05) is 36.6 Å². The Morgan fingerprint density at radius 2 is 1.77 bits per heavy atom. The SMILES string of the molecule is COC(=O)OC[C@H]1O[C@@H](Oc2nn(C(C)C)c(C)c2Cc2ccc(OC3CCOCC3)cc2)[C@H](O)[C@@H](O)[C@@H]1O. The van der Waals surface area contributed by atoms with E-state index >= 15 is 0 Å². The smallest absolute Gasteiger partial charge is 0.490 e. The lowest BCUT2D eigenvalue weighted by Gasteiger charge is -2.39. The number of hydrogen-bond donors (Lipinski definition) is 3. The highest BCUT2D eigenvalue weighted by molar-refractivity contribution is 5.59. The molecule has 39 heavy (non-hydrogen) atoms. The van der Waals surface area contributed by atoms with Crippen LogP contribution in [0.4, 0.5) is 4.79 Å². The Morgan fingerprint density at radius 3 is 2.41 bits per heavy atom. The third-order valence-electron chi connectivity index (χ3n) is 6.93. The number of ether oxygens (including phenoxy) is 6. The Bertz CT molecular complexity index is 1080. The lowest BCUT2D eigenvalue weighted by atomic mass is 9.99. The Balaban J connectivity index is 1.51. The van der Waals surface area contributed by atoms with Crippen LogP contribution in [0.25, 0.3) is 0 Å². The second-order valence-corrected chi connectivity index (χ2v) is 10.1. The minimum absolute atomic E-state index is 0.0298. The van der Waals surface area contributed by atoms with Crippen molar-refractivity contribution in [2.45, 2.75) is 82.9 Å². The highest BCUT2D eigenvalue weighted by Gasteiger charge is 2.46. The molecule has 0 spiro atoms. The zero-order chi connectivity index (χ0) is 28.1. The number of benzene rings is 1. The van der Waals surface area contributed by atoms with E-state index in [-0.39, 0.29) is 18.0 Å². The quantitative estimate of drug-likeness (QED) is 0.393. The molecule has 3 heterocycles. The molecule has 2 aliphatic heterocycles. The summed E-state index contributed by atoms with van der Waals surface area (Å²) in [6, 6.07) is 7.87. The second-order valence-electron chi connectivity index (χ2n) is 10.1. The number of aliphatic hydroxyl groups is 3. The summed E-state index contributed by atoms with van der Waals surface area (Å²) in [5, 5.41) is 35.9. The standard InChI is InChI=1S/C27H38N2O10/c1-15(2)29-16(3)20(13-17-5-7-18(8-6-17)37-19-9-11-35-12-10-19)25(28-29)39-26-24(32)23(31)22(30)21(38-26)14-36-27(33)34-4/h5-8,15,19,21-24,26,30-32H,9-14H2,1-4H3/t21-,22-,23+,24-,26+/m1/s1. The molecule has 1 aromatic heterocycles. The summed E-state index contributed by atoms with van der Waals surface area (Å²) >= 11 is 0. The van der Waals surface area contributed by atoms with Crippen LogP contribution in [0.3, 0.4) is 0 Å². The maximum atomic E-state index is 11.4. The molecule has 5 atom stereocenters. The van der Waals surface area contributed by atoms with Gasteiger partial charge in [0.15, 0.2) is 0 Å². The van der Waals surface area contributed by atoms with Crippen LogP contribution in [-0.4, -0.2) is 95.0 Å². The number of rotatable bonds is 9. The molecule has 0 bridgehead atoms. The number of carbonyl (C=O) groups is 1. The number of methoxy groups -OCH3 is 1. The van der Waals surface area contributed by atoms with Gasteiger partial charge in [0.2, 0.25) is 12.2 Å². The molecule has 2 aromatic rings. The van der Waals surface area contributed by atoms with Gasteiger partial charge < -0.3 is 43.7 Å². The van der Waals surface area contributed by atoms with Gasteiger partial charge in [-0.15, -0.1) is 5.10 Å². The van der Waals surface area contributed by atoms with Gasteiger partial charge in [0.1, 0.15) is 42.9 Å². The molecule has 12 nitrogen and oxygen atoms in total. The van der Waals surface area contributed by atoms with E-state index in [0.29, 0.717) is 19.6 Å². The van der Waals surface area contributed by atoms with Gasteiger partial charge >= 0.3 is 6.16 Å². The molecule has 2 aliphatic rings. The summed E-state index contributed by atoms with van der Waals surface area (Å²) in [5.41, 5.74) is 2.65. The van der Waals surface area contributed by atoms with E-state index in [2.05, 4.69) is 9.84 Å². The van der Waals surface area contributed by atoms with Crippen molar-refractivity contribution in [3.8, 4) is 11.6 Å². The van der Waals surface area contributed by atoms with E-state index in [1.54, 1.807) is 0 Å². The highest BCUT2D eigenvalue weighted by atomic mass is 16.7. The molecule has 1 aromatic carbocycles. The second kappa shape index (κ2) is 13.0. The van der Waals surface area contributed by atoms with Crippen LogP contribution in [0.2, 0.25) is 0 Å². The Labute approximate surface area is 227 Å². The molecule has 0 aliphatic carbocycles. The highest BCUT2D eigenvalue weighted by Crippen LogP contribution is 2.31. The van der Waals surface area contributed by atoms with E-state index < -0.39 is 43.5 Å². The minimum Gasteiger partial charge on any atom is -0.490 e. The molecule has 0 amide bonds. The van der Waals surface area contributed by atoms with Crippen molar-refractivity contribution in [3.05, 3.63) is 41.1 Å². The van der Waals surface area contributed by atoms with E-state index in [9.17, 15) is 20.1 Å². The third kappa shape index (κ3) is 7.00. The van der Waals surface area contributed by atoms with E-state index in [4.69, 9.17) is 23.7 Å². The number of aliphatic hydroxyl groups excluding tert-OH is 3. The monoisotopic (exact) mass is 550 g/mol. The lowest BCUT2D eigenvalue weighted by molar-refractivity contribution is -0.278. The topological polar surface area (TPSA) is 151 Å². The maximum absolute atomic E-state index is 11.4. The molecular formula is C27H38N2O10. The summed E-state index contributed by atoms with van der Waals surface area (Å²) < 4.78 is 34.3. The van der Waals surface area contributed by atoms with Crippen molar-refractivity contribution in [2.24, 2.45) is 0 Å². The predicted octanol–water partition coefficient (Wildman–Crippen LogP) is 1.89.